The number of piperazine rings is 1. The minimum Gasteiger partial charge on any atom is -0.369 e. The van der Waals surface area contributed by atoms with Crippen LogP contribution in [0.3, 0.4) is 0 Å². The van der Waals surface area contributed by atoms with Crippen molar-refractivity contribution < 1.29 is 9.59 Å². The zero-order chi connectivity index (χ0) is 17.8. The molecule has 136 valence electrons. The second kappa shape index (κ2) is 7.87. The van der Waals surface area contributed by atoms with Crippen molar-refractivity contribution in [3.8, 4) is 0 Å². The SMILES string of the molecule is Cc1ccccc1N1CCN(CC(=O)N2CCC[C@H](C(N)=O)C2)CC1. The van der Waals surface area contributed by atoms with Gasteiger partial charge in [0.15, 0.2) is 0 Å². The van der Waals surface area contributed by atoms with Gasteiger partial charge in [-0.15, -0.1) is 0 Å². The summed E-state index contributed by atoms with van der Waals surface area (Å²) >= 11 is 0. The van der Waals surface area contributed by atoms with Crippen molar-refractivity contribution in [2.24, 2.45) is 11.7 Å². The summed E-state index contributed by atoms with van der Waals surface area (Å²) in [6.07, 6.45) is 1.66. The first-order valence-electron chi connectivity index (χ1n) is 9.14. The number of rotatable bonds is 4. The predicted octanol–water partition coefficient (Wildman–Crippen LogP) is 0.841. The molecule has 0 radical (unpaired) electrons. The maximum Gasteiger partial charge on any atom is 0.236 e. The number of piperidine rings is 1. The summed E-state index contributed by atoms with van der Waals surface area (Å²) in [5, 5.41) is 0. The lowest BCUT2D eigenvalue weighted by molar-refractivity contribution is -0.136. The number of benzene rings is 1. The van der Waals surface area contributed by atoms with E-state index in [0.717, 1.165) is 45.6 Å². The van der Waals surface area contributed by atoms with E-state index >= 15 is 0 Å². The summed E-state index contributed by atoms with van der Waals surface area (Å²) in [4.78, 5) is 30.4. The number of nitrogens with two attached hydrogens (primary N) is 1. The van der Waals surface area contributed by atoms with Gasteiger partial charge in [-0.2, -0.15) is 0 Å². The number of likely N-dealkylation sites (tertiary alicyclic amines) is 1. The van der Waals surface area contributed by atoms with Crippen LogP contribution in [-0.4, -0.2) is 67.4 Å². The Morgan fingerprint density at radius 1 is 1.12 bits per heavy atom. The van der Waals surface area contributed by atoms with Crippen LogP contribution in [0.4, 0.5) is 5.69 Å². The lowest BCUT2D eigenvalue weighted by Crippen LogP contribution is -2.52. The largest absolute Gasteiger partial charge is 0.369 e. The van der Waals surface area contributed by atoms with E-state index in [4.69, 9.17) is 5.73 Å². The first-order valence-corrected chi connectivity index (χ1v) is 9.14. The molecule has 0 bridgehead atoms. The third-order valence-electron chi connectivity index (χ3n) is 5.36. The van der Waals surface area contributed by atoms with Crippen molar-refractivity contribution in [2.75, 3.05) is 50.7 Å². The Bertz CT molecular complexity index is 626. The molecule has 2 amide bonds. The molecule has 1 aromatic carbocycles. The van der Waals surface area contributed by atoms with Crippen molar-refractivity contribution in [1.82, 2.24) is 9.80 Å². The summed E-state index contributed by atoms with van der Waals surface area (Å²) < 4.78 is 0. The van der Waals surface area contributed by atoms with Gasteiger partial charge in [-0.25, -0.2) is 0 Å². The van der Waals surface area contributed by atoms with Gasteiger partial charge < -0.3 is 15.5 Å². The summed E-state index contributed by atoms with van der Waals surface area (Å²) in [5.41, 5.74) is 7.98. The van der Waals surface area contributed by atoms with Crippen LogP contribution in [0.5, 0.6) is 0 Å². The summed E-state index contributed by atoms with van der Waals surface area (Å²) in [6, 6.07) is 8.43. The standard InChI is InChI=1S/C19H28N4O2/c1-15-5-2-3-7-17(15)22-11-9-21(10-12-22)14-18(24)23-8-4-6-16(13-23)19(20)25/h2-3,5,7,16H,4,6,8-14H2,1H3,(H2,20,25)/t16-/m0/s1. The van der Waals surface area contributed by atoms with Crippen molar-refractivity contribution >= 4 is 17.5 Å². The van der Waals surface area contributed by atoms with Gasteiger partial charge in [-0.05, 0) is 31.4 Å². The number of anilines is 1. The molecule has 6 nitrogen and oxygen atoms in total. The Kier molecular flexibility index (Phi) is 5.58. The normalized spacial score (nSPS) is 22.0. The fourth-order valence-corrected chi connectivity index (χ4v) is 3.79. The molecular weight excluding hydrogens is 316 g/mol. The zero-order valence-electron chi connectivity index (χ0n) is 15.0. The van der Waals surface area contributed by atoms with Crippen LogP contribution in [0.1, 0.15) is 18.4 Å². The van der Waals surface area contributed by atoms with Gasteiger partial charge in [-0.3, -0.25) is 14.5 Å². The molecule has 3 rings (SSSR count). The molecule has 6 heteroatoms. The number of aryl methyl sites for hydroxylation is 1. The number of para-hydroxylation sites is 1. The molecule has 2 N–H and O–H groups in total. The van der Waals surface area contributed by atoms with Crippen LogP contribution >= 0.6 is 0 Å². The third-order valence-corrected chi connectivity index (χ3v) is 5.36. The van der Waals surface area contributed by atoms with Crippen molar-refractivity contribution in [3.63, 3.8) is 0 Å². The van der Waals surface area contributed by atoms with E-state index in [9.17, 15) is 9.59 Å². The van der Waals surface area contributed by atoms with Gasteiger partial charge in [-0.1, -0.05) is 18.2 Å². The molecule has 0 aromatic heterocycles. The number of carbonyl (C=O) groups is 2. The number of hydrogen-bond donors (Lipinski definition) is 1. The zero-order valence-corrected chi connectivity index (χ0v) is 15.0. The first-order chi connectivity index (χ1) is 12.0. The topological polar surface area (TPSA) is 69.9 Å². The highest BCUT2D eigenvalue weighted by atomic mass is 16.2. The summed E-state index contributed by atoms with van der Waals surface area (Å²) in [6.45, 7) is 7.43. The van der Waals surface area contributed by atoms with E-state index in [1.165, 1.54) is 11.3 Å². The van der Waals surface area contributed by atoms with Crippen molar-refractivity contribution in [1.29, 1.82) is 0 Å². The van der Waals surface area contributed by atoms with Gasteiger partial charge in [0.1, 0.15) is 0 Å². The molecule has 1 atom stereocenters. The van der Waals surface area contributed by atoms with Gasteiger partial charge >= 0.3 is 0 Å². The molecule has 2 saturated heterocycles. The average molecular weight is 344 g/mol. The van der Waals surface area contributed by atoms with Crippen LogP contribution in [-0.2, 0) is 9.59 Å². The third kappa shape index (κ3) is 4.31. The van der Waals surface area contributed by atoms with Crippen LogP contribution < -0.4 is 10.6 Å². The first kappa shape index (κ1) is 17.7. The van der Waals surface area contributed by atoms with E-state index in [-0.39, 0.29) is 17.7 Å². The molecule has 2 heterocycles. The minimum absolute atomic E-state index is 0.121. The maximum atomic E-state index is 12.6. The highest BCUT2D eigenvalue weighted by molar-refractivity contribution is 5.81. The Morgan fingerprint density at radius 2 is 1.84 bits per heavy atom. The van der Waals surface area contributed by atoms with Crippen LogP contribution in [0.25, 0.3) is 0 Å². The molecule has 1 aromatic rings. The Labute approximate surface area is 149 Å². The van der Waals surface area contributed by atoms with Crippen LogP contribution in [0, 0.1) is 12.8 Å². The molecular formula is C19H28N4O2. The molecule has 2 aliphatic rings. The highest BCUT2D eigenvalue weighted by Crippen LogP contribution is 2.21. The highest BCUT2D eigenvalue weighted by Gasteiger charge is 2.28. The van der Waals surface area contributed by atoms with E-state index in [1.807, 2.05) is 4.90 Å². The smallest absolute Gasteiger partial charge is 0.236 e. The van der Waals surface area contributed by atoms with E-state index in [2.05, 4.69) is 41.0 Å². The molecule has 2 aliphatic heterocycles. The van der Waals surface area contributed by atoms with Gasteiger partial charge in [0.2, 0.25) is 11.8 Å². The van der Waals surface area contributed by atoms with Crippen molar-refractivity contribution in [2.45, 2.75) is 19.8 Å². The minimum atomic E-state index is -0.288. The Morgan fingerprint density at radius 3 is 2.52 bits per heavy atom. The van der Waals surface area contributed by atoms with E-state index in [0.29, 0.717) is 13.1 Å². The second-order valence-corrected chi connectivity index (χ2v) is 7.13. The summed E-state index contributed by atoms with van der Waals surface area (Å²) in [7, 11) is 0. The fourth-order valence-electron chi connectivity index (χ4n) is 3.79. The maximum absolute atomic E-state index is 12.6. The van der Waals surface area contributed by atoms with Gasteiger partial charge in [0.25, 0.3) is 0 Å². The number of primary amides is 1. The van der Waals surface area contributed by atoms with Gasteiger partial charge in [0.05, 0.1) is 12.5 Å². The lowest BCUT2D eigenvalue weighted by atomic mass is 9.97. The van der Waals surface area contributed by atoms with Gasteiger partial charge in [0, 0.05) is 45.0 Å². The van der Waals surface area contributed by atoms with E-state index in [1.54, 1.807) is 0 Å². The second-order valence-electron chi connectivity index (χ2n) is 7.13. The molecule has 0 saturated carbocycles. The fraction of sp³-hybridized carbons (Fsp3) is 0.579. The van der Waals surface area contributed by atoms with Crippen LogP contribution in [0.15, 0.2) is 24.3 Å². The number of nitrogens with zero attached hydrogens (tertiary/aromatic N) is 3. The quantitative estimate of drug-likeness (QED) is 0.879. The molecule has 25 heavy (non-hydrogen) atoms. The van der Waals surface area contributed by atoms with E-state index < -0.39 is 0 Å². The average Bonchev–Trinajstić information content (AvgIpc) is 2.63. The van der Waals surface area contributed by atoms with Crippen LogP contribution in [0.2, 0.25) is 0 Å². The Balaban J connectivity index is 1.49. The molecule has 0 aliphatic carbocycles. The molecule has 0 unspecified atom stereocenters. The monoisotopic (exact) mass is 344 g/mol. The Hall–Kier alpha value is -2.08. The number of amides is 2. The lowest BCUT2D eigenvalue weighted by Gasteiger charge is -2.38. The molecule has 2 fully saturated rings. The number of carbonyl (C=O) groups excluding carboxylic acids is 2. The summed E-state index contributed by atoms with van der Waals surface area (Å²) in [5.74, 6) is -0.352. The number of hydrogen-bond acceptors (Lipinski definition) is 4. The predicted molar refractivity (Wildman–Crippen MR) is 98.3 cm³/mol. The van der Waals surface area contributed by atoms with Crippen molar-refractivity contribution in [3.05, 3.63) is 29.8 Å². The molecule has 0 spiro atoms.